The third-order valence-electron chi connectivity index (χ3n) is 15.8. The van der Waals surface area contributed by atoms with E-state index in [1.165, 1.54) is 50.5 Å². The Hall–Kier alpha value is -1.17. The minimum atomic E-state index is -4.19. The van der Waals surface area contributed by atoms with Gasteiger partial charge in [-0.05, 0) is 118 Å². The second kappa shape index (κ2) is 10.5. The summed E-state index contributed by atoms with van der Waals surface area (Å²) in [5.74, 6) is 2.25. The zero-order chi connectivity index (χ0) is 33.1. The van der Waals surface area contributed by atoms with Gasteiger partial charge in [-0.1, -0.05) is 6.42 Å². The summed E-state index contributed by atoms with van der Waals surface area (Å²) in [6, 6.07) is 0.996. The zero-order valence-corrected chi connectivity index (χ0v) is 29.6. The smallest absolute Gasteiger partial charge is 0.397 e. The second-order valence-electron chi connectivity index (χ2n) is 18.1. The number of rotatable bonds is 5. The Morgan fingerprint density at radius 1 is 0.776 bits per heavy atom. The van der Waals surface area contributed by atoms with Gasteiger partial charge >= 0.3 is 18.1 Å². The van der Waals surface area contributed by atoms with E-state index in [-0.39, 0.29) is 34.9 Å². The Morgan fingerprint density at radius 3 is 2.12 bits per heavy atom. The molecule has 11 atom stereocenters. The van der Waals surface area contributed by atoms with Crippen molar-refractivity contribution in [1.82, 2.24) is 9.80 Å². The first-order valence-corrected chi connectivity index (χ1v) is 21.2. The van der Waals surface area contributed by atoms with E-state index in [1.807, 2.05) is 6.08 Å². The van der Waals surface area contributed by atoms with Crippen molar-refractivity contribution in [3.8, 4) is 0 Å². The molecule has 12 rings (SSSR count). The number of fused-ring (bicyclic) bond motifs is 6. The normalized spacial score (nSPS) is 52.3. The molecule has 0 aromatic rings. The monoisotopic (exact) mass is 716 g/mol. The fourth-order valence-electron chi connectivity index (χ4n) is 14.8. The number of alkyl halides is 3. The van der Waals surface area contributed by atoms with Crippen LogP contribution in [0.25, 0.3) is 0 Å². The molecule has 8 bridgehead atoms. The fraction of sp³-hybridized carbons (Fsp3) is 0.842. The van der Waals surface area contributed by atoms with Crippen LogP contribution in [0.5, 0.6) is 0 Å². The van der Waals surface area contributed by atoms with Gasteiger partial charge in [0.25, 0.3) is 0 Å². The SMILES string of the molecule is O=C1C=C2CC(SCC(F)(F)F)[C@@H]3C[C@@]2(O1)[C@H]1CCC(C2C4CC5CC2CC(SC2CC6=CC(=O)O[C@@]67C[C@@H]2N2CCCC[C@@H]27)(C5)C4)CN31. The summed E-state index contributed by atoms with van der Waals surface area (Å²) in [6.07, 6.45) is 14.8. The van der Waals surface area contributed by atoms with Gasteiger partial charge in [0.15, 0.2) is 11.2 Å². The maximum absolute atomic E-state index is 13.4. The van der Waals surface area contributed by atoms with Crippen molar-refractivity contribution < 1.29 is 32.2 Å². The highest BCUT2D eigenvalue weighted by atomic mass is 32.2. The van der Waals surface area contributed by atoms with Gasteiger partial charge in [-0.25, -0.2) is 9.59 Å². The summed E-state index contributed by atoms with van der Waals surface area (Å²) < 4.78 is 52.8. The van der Waals surface area contributed by atoms with Gasteiger partial charge in [-0.2, -0.15) is 13.2 Å². The molecule has 6 nitrogen and oxygen atoms in total. The van der Waals surface area contributed by atoms with Gasteiger partial charge in [0.2, 0.25) is 0 Å². The van der Waals surface area contributed by atoms with Crippen molar-refractivity contribution in [2.75, 3.05) is 18.8 Å². The lowest BCUT2D eigenvalue weighted by Gasteiger charge is -2.63. The molecule has 11 heteroatoms. The van der Waals surface area contributed by atoms with Crippen molar-refractivity contribution >= 4 is 35.5 Å². The van der Waals surface area contributed by atoms with E-state index in [0.717, 1.165) is 80.3 Å². The van der Waals surface area contributed by atoms with Crippen LogP contribution in [-0.4, -0.2) is 97.4 Å². The maximum Gasteiger partial charge on any atom is 0.397 e. The first-order chi connectivity index (χ1) is 23.5. The summed E-state index contributed by atoms with van der Waals surface area (Å²) in [5, 5.41) is 0.366. The third-order valence-corrected chi connectivity index (χ3v) is 19.0. The van der Waals surface area contributed by atoms with Gasteiger partial charge in [-0.3, -0.25) is 9.80 Å². The van der Waals surface area contributed by atoms with Crippen LogP contribution in [0.1, 0.15) is 89.9 Å². The molecule has 5 unspecified atom stereocenters. The summed E-state index contributed by atoms with van der Waals surface area (Å²) >= 11 is 3.37. The van der Waals surface area contributed by atoms with E-state index in [4.69, 9.17) is 9.47 Å². The summed E-state index contributed by atoms with van der Waals surface area (Å²) in [6.45, 7) is 2.08. The molecule has 6 saturated carbocycles. The average molecular weight is 717 g/mol. The van der Waals surface area contributed by atoms with Gasteiger partial charge in [-0.15, -0.1) is 23.5 Å². The highest BCUT2D eigenvalue weighted by molar-refractivity contribution is 8.01. The van der Waals surface area contributed by atoms with Crippen LogP contribution in [0.3, 0.4) is 0 Å². The molecule has 0 aromatic heterocycles. The number of esters is 2. The first kappa shape index (κ1) is 31.4. The topological polar surface area (TPSA) is 59.1 Å². The fourth-order valence-corrected chi connectivity index (χ4v) is 18.2. The molecule has 12 aliphatic rings. The number of carbonyl (C=O) groups is 2. The molecular weight excluding hydrogens is 670 g/mol. The lowest BCUT2D eigenvalue weighted by Crippen LogP contribution is -2.59. The van der Waals surface area contributed by atoms with Crippen molar-refractivity contribution in [3.05, 3.63) is 23.3 Å². The van der Waals surface area contributed by atoms with Gasteiger partial charge < -0.3 is 9.47 Å². The Kier molecular flexibility index (Phi) is 6.72. The summed E-state index contributed by atoms with van der Waals surface area (Å²) in [4.78, 5) is 30.6. The van der Waals surface area contributed by atoms with Crippen LogP contribution in [0.4, 0.5) is 13.2 Å². The second-order valence-corrected chi connectivity index (χ2v) is 21.0. The van der Waals surface area contributed by atoms with Gasteiger partial charge in [0.1, 0.15) is 0 Å². The Bertz CT molecular complexity index is 1540. The van der Waals surface area contributed by atoms with Crippen molar-refractivity contribution in [3.63, 3.8) is 0 Å². The lowest BCUT2D eigenvalue weighted by atomic mass is 9.48. The molecule has 10 fully saturated rings. The van der Waals surface area contributed by atoms with Crippen LogP contribution in [0.15, 0.2) is 23.3 Å². The predicted molar refractivity (Wildman–Crippen MR) is 181 cm³/mol. The van der Waals surface area contributed by atoms with Gasteiger partial charge in [0, 0.05) is 58.9 Å². The highest BCUT2D eigenvalue weighted by Crippen LogP contribution is 2.68. The molecule has 0 N–H and O–H groups in total. The van der Waals surface area contributed by atoms with Crippen molar-refractivity contribution in [2.24, 2.45) is 29.6 Å². The van der Waals surface area contributed by atoms with E-state index in [2.05, 4.69) is 21.6 Å². The van der Waals surface area contributed by atoms with Crippen LogP contribution in [-0.2, 0) is 19.1 Å². The first-order valence-electron chi connectivity index (χ1n) is 19.3. The number of carbonyl (C=O) groups excluding carboxylic acids is 2. The van der Waals surface area contributed by atoms with Crippen molar-refractivity contribution in [2.45, 2.75) is 147 Å². The molecule has 0 radical (unpaired) electrons. The maximum atomic E-state index is 13.4. The number of hydrogen-bond acceptors (Lipinski definition) is 8. The van der Waals surface area contributed by atoms with Crippen molar-refractivity contribution in [1.29, 1.82) is 0 Å². The number of hydrogen-bond donors (Lipinski definition) is 0. The molecule has 2 spiro atoms. The van der Waals surface area contributed by atoms with Crippen LogP contribution < -0.4 is 0 Å². The minimum absolute atomic E-state index is 0.0335. The Balaban J connectivity index is 0.834. The third kappa shape index (κ3) is 4.49. The number of halogens is 3. The molecule has 49 heavy (non-hydrogen) atoms. The Morgan fingerprint density at radius 2 is 1.43 bits per heavy atom. The number of thioether (sulfide) groups is 2. The van der Waals surface area contributed by atoms with E-state index >= 15 is 0 Å². The van der Waals surface area contributed by atoms with Gasteiger partial charge in [0.05, 0.1) is 17.8 Å². The largest absolute Gasteiger partial charge is 0.450 e. The van der Waals surface area contributed by atoms with E-state index in [9.17, 15) is 22.8 Å². The molecule has 266 valence electrons. The number of ether oxygens (including phenoxy) is 2. The average Bonchev–Trinajstić information content (AvgIpc) is 3.73. The predicted octanol–water partition coefficient (Wildman–Crippen LogP) is 6.68. The zero-order valence-electron chi connectivity index (χ0n) is 28.0. The quantitative estimate of drug-likeness (QED) is 0.293. The van der Waals surface area contributed by atoms with E-state index < -0.39 is 17.5 Å². The van der Waals surface area contributed by atoms with Crippen LogP contribution in [0.2, 0.25) is 0 Å². The van der Waals surface area contributed by atoms with Crippen LogP contribution in [0, 0.1) is 29.6 Å². The molecule has 6 heterocycles. The summed E-state index contributed by atoms with van der Waals surface area (Å²) in [5.41, 5.74) is 1.28. The molecular formula is C38H47F3N2O4S2. The Labute approximate surface area is 295 Å². The van der Waals surface area contributed by atoms with E-state index in [0.29, 0.717) is 46.8 Å². The molecule has 0 amide bonds. The molecule has 6 aliphatic heterocycles. The molecule has 6 aliphatic carbocycles. The molecule has 0 aromatic carbocycles. The number of piperidine rings is 2. The minimum Gasteiger partial charge on any atom is -0.450 e. The standard InChI is InChI=1S/C38H47F3N2O4S2/c39-38(40,41)19-48-28-9-24-11-32(44)47-37(24)16-26(28)43-18-21(4-5-31(37)43)34-22-7-20-8-23(34)15-35(13-20,14-22)49-29-10-25-12-33(45)46-36(25)17-27(29)42-6-2-1-3-30(36)42/h11-12,20-23,26-31,34H,1-10,13-19H2/t20?,21?,22?,23?,26-,27-,28?,29?,30+,31+,34?,35?,36-,37-/m0/s1. The molecule has 4 saturated heterocycles. The lowest BCUT2D eigenvalue weighted by molar-refractivity contribution is -0.150. The van der Waals surface area contributed by atoms with E-state index in [1.54, 1.807) is 6.08 Å². The highest BCUT2D eigenvalue weighted by Gasteiger charge is 2.68. The number of nitrogens with zero attached hydrogens (tertiary/aromatic N) is 2. The summed E-state index contributed by atoms with van der Waals surface area (Å²) in [7, 11) is 0. The van der Waals surface area contributed by atoms with Crippen LogP contribution >= 0.6 is 23.5 Å².